The van der Waals surface area contributed by atoms with E-state index in [2.05, 4.69) is 27.7 Å². The van der Waals surface area contributed by atoms with Gasteiger partial charge >= 0.3 is 59.2 Å². The summed E-state index contributed by atoms with van der Waals surface area (Å²) in [5, 5.41) is 0. The van der Waals surface area contributed by atoms with E-state index in [1.807, 2.05) is 0 Å². The van der Waals surface area contributed by atoms with E-state index >= 15 is 0 Å². The predicted octanol–water partition coefficient (Wildman–Crippen LogP) is 1.84. The monoisotopic (exact) mass is 380 g/mol. The van der Waals surface area contributed by atoms with Gasteiger partial charge in [0.2, 0.25) is 0 Å². The minimum atomic E-state index is -3.89. The molecule has 0 saturated heterocycles. The first-order chi connectivity index (χ1) is 9.99. The second kappa shape index (κ2) is 18.5. The quantitative estimate of drug-likeness (QED) is 0.368. The zero-order chi connectivity index (χ0) is 16.1. The predicted molar refractivity (Wildman–Crippen MR) is 93.1 cm³/mol. The fraction of sp³-hybridized carbons (Fsp3) is 1.00. The van der Waals surface area contributed by atoms with Crippen LogP contribution in [0.4, 0.5) is 0 Å². The van der Waals surface area contributed by atoms with Gasteiger partial charge < -0.3 is 11.8 Å². The maximum absolute atomic E-state index is 11.9. The summed E-state index contributed by atoms with van der Waals surface area (Å²) in [5.41, 5.74) is 0. The van der Waals surface area contributed by atoms with Gasteiger partial charge in [-0.1, -0.05) is 66.2 Å². The van der Waals surface area contributed by atoms with Gasteiger partial charge in [-0.2, -0.15) is 0 Å². The van der Waals surface area contributed by atoms with Crippen LogP contribution in [0.1, 0.15) is 80.5 Å². The molecule has 0 aromatic heterocycles. The zero-order valence-corrected chi connectivity index (χ0v) is 19.9. The van der Waals surface area contributed by atoms with Gasteiger partial charge in [-0.25, -0.2) is 4.57 Å². The molecule has 0 aliphatic carbocycles. The number of rotatable bonds is 14. The van der Waals surface area contributed by atoms with Gasteiger partial charge in [0.15, 0.2) is 0 Å². The van der Waals surface area contributed by atoms with E-state index in [9.17, 15) is 9.46 Å². The fourth-order valence-corrected chi connectivity index (χ4v) is 3.11. The molecule has 0 aliphatic rings. The molecule has 0 rings (SSSR count). The van der Waals surface area contributed by atoms with Crippen molar-refractivity contribution in [3.05, 3.63) is 0 Å². The molecule has 0 saturated carbocycles. The van der Waals surface area contributed by atoms with Crippen molar-refractivity contribution in [1.29, 1.82) is 0 Å². The molecule has 3 N–H and O–H groups in total. The van der Waals surface area contributed by atoms with Crippen molar-refractivity contribution in [2.24, 2.45) is 11.8 Å². The molecular formula is C16H38KO5P. The maximum Gasteiger partial charge on any atom is 1.00 e. The summed E-state index contributed by atoms with van der Waals surface area (Å²) >= 11 is 0. The van der Waals surface area contributed by atoms with Gasteiger partial charge in [-0.3, -0.25) is 9.05 Å². The Kier molecular flexibility index (Phi) is 23.7. The molecular weight excluding hydrogens is 342 g/mol. The molecule has 0 heterocycles. The molecule has 0 aliphatic heterocycles. The van der Waals surface area contributed by atoms with Gasteiger partial charge in [0.05, 0.1) is 13.2 Å². The minimum Gasteiger partial charge on any atom is -1.00 e. The van der Waals surface area contributed by atoms with Crippen molar-refractivity contribution in [2.45, 2.75) is 79.1 Å². The molecule has 0 aromatic rings. The van der Waals surface area contributed by atoms with E-state index < -0.39 is 7.82 Å². The van der Waals surface area contributed by atoms with E-state index in [-0.39, 0.29) is 58.3 Å². The molecule has 7 heteroatoms. The Balaban J connectivity index is -0.000000667. The van der Waals surface area contributed by atoms with Crippen molar-refractivity contribution >= 4 is 7.82 Å². The Hall–Kier alpha value is 1.71. The van der Waals surface area contributed by atoms with Crippen LogP contribution in [0.25, 0.3) is 0 Å². The van der Waals surface area contributed by atoms with E-state index in [0.29, 0.717) is 25.0 Å². The van der Waals surface area contributed by atoms with E-state index in [1.54, 1.807) is 0 Å². The Morgan fingerprint density at radius 2 is 1.26 bits per heavy atom. The molecule has 5 nitrogen and oxygen atoms in total. The molecule has 0 fully saturated rings. The Morgan fingerprint density at radius 3 is 1.52 bits per heavy atom. The Labute approximate surface area is 187 Å². The normalized spacial score (nSPS) is 15.9. The largest absolute Gasteiger partial charge is 1.00 e. The summed E-state index contributed by atoms with van der Waals surface area (Å²) in [6.07, 6.45) is 8.56. The van der Waals surface area contributed by atoms with Crippen molar-refractivity contribution in [2.75, 3.05) is 13.2 Å². The van der Waals surface area contributed by atoms with Crippen LogP contribution >= 0.6 is 7.82 Å². The third kappa shape index (κ3) is 16.9. The first-order valence-corrected chi connectivity index (χ1v) is 10.1. The fourth-order valence-electron chi connectivity index (χ4n) is 2.23. The van der Waals surface area contributed by atoms with E-state index in [1.165, 1.54) is 0 Å². The number of hydrogen-bond acceptors (Lipinski definition) is 3. The Bertz CT molecular complexity index is 274. The van der Waals surface area contributed by atoms with Gasteiger partial charge in [-0.05, 0) is 24.7 Å². The van der Waals surface area contributed by atoms with Crippen LogP contribution in [-0.2, 0) is 13.6 Å². The van der Waals surface area contributed by atoms with Crippen LogP contribution in [0.3, 0.4) is 0 Å². The number of phosphoric acid groups is 1. The summed E-state index contributed by atoms with van der Waals surface area (Å²) in [6, 6.07) is 0. The number of unbranched alkanes of at least 4 members (excludes halogenated alkanes) is 2. The van der Waals surface area contributed by atoms with Crippen LogP contribution in [0.2, 0.25) is 0 Å². The molecule has 0 amide bonds. The van der Waals surface area contributed by atoms with Gasteiger partial charge in [0.1, 0.15) is 0 Å². The van der Waals surface area contributed by atoms with Crippen molar-refractivity contribution < 1.29 is 76.8 Å². The molecule has 138 valence electrons. The van der Waals surface area contributed by atoms with Gasteiger partial charge in [0.25, 0.3) is 0 Å². The molecule has 23 heavy (non-hydrogen) atoms. The molecule has 0 spiro atoms. The van der Waals surface area contributed by atoms with Crippen LogP contribution in [-0.4, -0.2) is 23.6 Å². The smallest absolute Gasteiger partial charge is 1.00 e. The average Bonchev–Trinajstić information content (AvgIpc) is 2.47. The van der Waals surface area contributed by atoms with Gasteiger partial charge in [0, 0.05) is 0 Å². The topological polar surface area (TPSA) is 87.3 Å². The second-order valence-electron chi connectivity index (χ2n) is 5.89. The molecule has 0 aromatic carbocycles. The molecule has 2 unspecified atom stereocenters. The molecule has 0 bridgehead atoms. The zero-order valence-electron chi connectivity index (χ0n) is 16.8. The second-order valence-corrected chi connectivity index (χ2v) is 7.35. The van der Waals surface area contributed by atoms with Crippen molar-refractivity contribution in [1.82, 2.24) is 0 Å². The van der Waals surface area contributed by atoms with Crippen molar-refractivity contribution in [3.8, 4) is 0 Å². The summed E-state index contributed by atoms with van der Waals surface area (Å²) in [7, 11) is -3.89. The van der Waals surface area contributed by atoms with Crippen LogP contribution in [0, 0.1) is 11.8 Å². The third-order valence-electron chi connectivity index (χ3n) is 4.03. The summed E-state index contributed by atoms with van der Waals surface area (Å²) in [4.78, 5) is 9.77. The number of phosphoric ester groups is 1. The Morgan fingerprint density at radius 1 is 0.913 bits per heavy atom. The summed E-state index contributed by atoms with van der Waals surface area (Å²) in [6.45, 7) is 9.10. The maximum atomic E-state index is 11.9. The van der Waals surface area contributed by atoms with E-state index in [0.717, 1.165) is 51.4 Å². The van der Waals surface area contributed by atoms with Crippen LogP contribution < -0.4 is 51.4 Å². The van der Waals surface area contributed by atoms with Gasteiger partial charge in [-0.15, -0.1) is 0 Å². The van der Waals surface area contributed by atoms with Crippen molar-refractivity contribution in [3.63, 3.8) is 0 Å². The number of hydrogen-bond donors (Lipinski definition) is 1. The standard InChI is InChI=1S/C16H35O4P.K.H2O.H/c1-5-9-11-15(7-3)13-19-21(17,18)20-14-16(8-4)12-10-6-2;;;/h15-16H,5-14H2,1-4H3,(H,17,18);;1H2;/q;+1;;-1. The third-order valence-corrected chi connectivity index (χ3v) is 4.98. The first kappa shape index (κ1) is 29.5. The molecule has 0 radical (unpaired) electrons. The van der Waals surface area contributed by atoms with Crippen LogP contribution in [0.15, 0.2) is 0 Å². The summed E-state index contributed by atoms with van der Waals surface area (Å²) in [5.74, 6) is 0.687. The first-order valence-electron chi connectivity index (χ1n) is 8.60. The minimum absolute atomic E-state index is 0. The summed E-state index contributed by atoms with van der Waals surface area (Å²) < 4.78 is 22.2. The SMILES string of the molecule is CCCCC(CC)COP(=O)(O)OCC(CC)CCCC.O.[H-].[K+]. The molecule has 2 atom stereocenters. The van der Waals surface area contributed by atoms with Crippen LogP contribution in [0.5, 0.6) is 0 Å². The van der Waals surface area contributed by atoms with E-state index in [4.69, 9.17) is 9.05 Å². The average molecular weight is 381 g/mol.